The first kappa shape index (κ1) is 12.3. The lowest BCUT2D eigenvalue weighted by Gasteiger charge is -2.12. The summed E-state index contributed by atoms with van der Waals surface area (Å²) in [7, 11) is 0. The Labute approximate surface area is 104 Å². The van der Waals surface area contributed by atoms with Crippen LogP contribution in [0.5, 0.6) is 0 Å². The highest BCUT2D eigenvalue weighted by molar-refractivity contribution is 6.01. The Bertz CT molecular complexity index is 520. The van der Waals surface area contributed by atoms with Crippen LogP contribution >= 0.6 is 0 Å². The number of aromatic nitrogens is 1. The van der Waals surface area contributed by atoms with Gasteiger partial charge in [0, 0.05) is 24.8 Å². The molecule has 96 valence electrons. The summed E-state index contributed by atoms with van der Waals surface area (Å²) >= 11 is 0. The normalized spacial score (nSPS) is 15.1. The molecule has 1 aliphatic heterocycles. The van der Waals surface area contributed by atoms with Crippen LogP contribution in [-0.4, -0.2) is 34.5 Å². The van der Waals surface area contributed by atoms with Gasteiger partial charge in [-0.25, -0.2) is 4.79 Å². The molecule has 0 bridgehead atoms. The van der Waals surface area contributed by atoms with Crippen LogP contribution in [0.3, 0.4) is 0 Å². The molecule has 0 saturated carbocycles. The minimum Gasteiger partial charge on any atom is -0.329 e. The second-order valence-electron chi connectivity index (χ2n) is 4.25. The molecular weight excluding hydrogens is 234 g/mol. The van der Waals surface area contributed by atoms with Crippen LogP contribution < -0.4 is 10.9 Å². The molecule has 0 radical (unpaired) electrons. The van der Waals surface area contributed by atoms with Gasteiger partial charge in [0.05, 0.1) is 6.54 Å². The molecule has 0 atom stereocenters. The molecule has 0 spiro atoms. The van der Waals surface area contributed by atoms with Gasteiger partial charge in [-0.15, -0.1) is 0 Å². The van der Waals surface area contributed by atoms with Gasteiger partial charge in [-0.3, -0.25) is 14.5 Å². The number of nitrogens with zero attached hydrogens (tertiary/aromatic N) is 2. The predicted molar refractivity (Wildman–Crippen MR) is 65.2 cm³/mol. The second kappa shape index (κ2) is 5.03. The van der Waals surface area contributed by atoms with E-state index in [1.165, 1.54) is 4.90 Å². The van der Waals surface area contributed by atoms with Crippen molar-refractivity contribution in [1.82, 2.24) is 14.8 Å². The number of pyridine rings is 1. The summed E-state index contributed by atoms with van der Waals surface area (Å²) in [5.41, 5.74) is 0.655. The van der Waals surface area contributed by atoms with E-state index in [1.54, 1.807) is 23.8 Å². The first-order chi connectivity index (χ1) is 8.59. The zero-order chi connectivity index (χ0) is 13.1. The molecule has 0 aromatic carbocycles. The van der Waals surface area contributed by atoms with E-state index in [2.05, 4.69) is 5.32 Å². The molecule has 1 aromatic heterocycles. The molecule has 18 heavy (non-hydrogen) atoms. The molecule has 3 amide bonds. The van der Waals surface area contributed by atoms with Gasteiger partial charge >= 0.3 is 6.03 Å². The van der Waals surface area contributed by atoms with Crippen LogP contribution in [-0.2, 0) is 11.3 Å². The quantitative estimate of drug-likeness (QED) is 0.769. The Hall–Kier alpha value is -2.11. The van der Waals surface area contributed by atoms with Gasteiger partial charge in [-0.1, -0.05) is 6.07 Å². The number of hydrogen-bond acceptors (Lipinski definition) is 3. The third-order valence-electron chi connectivity index (χ3n) is 2.93. The van der Waals surface area contributed by atoms with Crippen molar-refractivity contribution in [3.8, 4) is 0 Å². The maximum atomic E-state index is 11.7. The Morgan fingerprint density at radius 2 is 2.06 bits per heavy atom. The topological polar surface area (TPSA) is 71.4 Å². The summed E-state index contributed by atoms with van der Waals surface area (Å²) in [6.07, 6.45) is 2.28. The fourth-order valence-corrected chi connectivity index (χ4v) is 1.91. The van der Waals surface area contributed by atoms with Gasteiger partial charge in [0.1, 0.15) is 0 Å². The van der Waals surface area contributed by atoms with E-state index in [4.69, 9.17) is 0 Å². The standard InChI is InChI=1S/C12H15N3O3/c1-9-4-2-5-14(11(9)17)6-3-7-15-10(16)8-13-12(15)18/h2,4-5H,3,6-8H2,1H3,(H,13,18). The smallest absolute Gasteiger partial charge is 0.324 e. The molecule has 1 aromatic rings. The largest absolute Gasteiger partial charge is 0.329 e. The molecule has 0 unspecified atom stereocenters. The summed E-state index contributed by atoms with van der Waals surface area (Å²) in [6.45, 7) is 2.67. The van der Waals surface area contributed by atoms with Gasteiger partial charge in [-0.05, 0) is 19.4 Å². The van der Waals surface area contributed by atoms with Gasteiger partial charge in [0.25, 0.3) is 5.56 Å². The van der Waals surface area contributed by atoms with Crippen molar-refractivity contribution in [2.45, 2.75) is 19.9 Å². The number of nitrogens with one attached hydrogen (secondary N) is 1. The number of urea groups is 1. The molecule has 2 heterocycles. The minimum atomic E-state index is -0.350. The van der Waals surface area contributed by atoms with E-state index in [9.17, 15) is 14.4 Å². The zero-order valence-corrected chi connectivity index (χ0v) is 10.2. The number of imide groups is 1. The van der Waals surface area contributed by atoms with E-state index in [1.807, 2.05) is 6.07 Å². The molecule has 6 nitrogen and oxygen atoms in total. The summed E-state index contributed by atoms with van der Waals surface area (Å²) in [5.74, 6) is -0.211. The molecule has 1 fully saturated rings. The molecule has 0 aliphatic carbocycles. The Balaban J connectivity index is 1.93. The lowest BCUT2D eigenvalue weighted by Crippen LogP contribution is -2.33. The van der Waals surface area contributed by atoms with Crippen LogP contribution in [0.4, 0.5) is 4.79 Å². The maximum absolute atomic E-state index is 11.7. The van der Waals surface area contributed by atoms with Gasteiger partial charge in [0.2, 0.25) is 5.91 Å². The molecule has 1 N–H and O–H groups in total. The van der Waals surface area contributed by atoms with Crippen molar-refractivity contribution in [1.29, 1.82) is 0 Å². The summed E-state index contributed by atoms with van der Waals surface area (Å²) < 4.78 is 1.59. The van der Waals surface area contributed by atoms with Gasteiger partial charge in [0.15, 0.2) is 0 Å². The highest BCUT2D eigenvalue weighted by Gasteiger charge is 2.27. The molecule has 6 heteroatoms. The average Bonchev–Trinajstić information content (AvgIpc) is 2.66. The summed E-state index contributed by atoms with van der Waals surface area (Å²) in [6, 6.07) is 3.22. The van der Waals surface area contributed by atoms with Crippen LogP contribution in [0, 0.1) is 6.92 Å². The molecular formula is C12H15N3O3. The third kappa shape index (κ3) is 2.42. The van der Waals surface area contributed by atoms with Crippen LogP contribution in [0.2, 0.25) is 0 Å². The van der Waals surface area contributed by atoms with Crippen molar-refractivity contribution in [2.75, 3.05) is 13.1 Å². The lowest BCUT2D eigenvalue weighted by molar-refractivity contribution is -0.125. The highest BCUT2D eigenvalue weighted by atomic mass is 16.2. The van der Waals surface area contributed by atoms with Crippen molar-refractivity contribution in [2.24, 2.45) is 0 Å². The molecule has 1 aliphatic rings. The van der Waals surface area contributed by atoms with Crippen LogP contribution in [0.25, 0.3) is 0 Å². The minimum absolute atomic E-state index is 0.0327. The van der Waals surface area contributed by atoms with E-state index in [0.717, 1.165) is 0 Å². The number of aryl methyl sites for hydroxylation is 2. The monoisotopic (exact) mass is 249 g/mol. The summed E-state index contributed by atoms with van der Waals surface area (Å²) in [4.78, 5) is 35.5. The first-order valence-corrected chi connectivity index (χ1v) is 5.84. The van der Waals surface area contributed by atoms with Crippen molar-refractivity contribution in [3.05, 3.63) is 34.2 Å². The number of rotatable bonds is 4. The van der Waals surface area contributed by atoms with E-state index in [-0.39, 0.29) is 24.0 Å². The Kier molecular flexibility index (Phi) is 3.45. The second-order valence-corrected chi connectivity index (χ2v) is 4.25. The fraction of sp³-hybridized carbons (Fsp3) is 0.417. The number of carbonyl (C=O) groups is 2. The Morgan fingerprint density at radius 1 is 1.28 bits per heavy atom. The highest BCUT2D eigenvalue weighted by Crippen LogP contribution is 2.01. The van der Waals surface area contributed by atoms with Gasteiger partial charge in [-0.2, -0.15) is 0 Å². The van der Waals surface area contributed by atoms with E-state index >= 15 is 0 Å². The van der Waals surface area contributed by atoms with Crippen molar-refractivity contribution < 1.29 is 9.59 Å². The van der Waals surface area contributed by atoms with Crippen LogP contribution in [0.15, 0.2) is 23.1 Å². The zero-order valence-electron chi connectivity index (χ0n) is 10.2. The average molecular weight is 249 g/mol. The predicted octanol–water partition coefficient (Wildman–Crippen LogP) is 0.0986. The van der Waals surface area contributed by atoms with Crippen molar-refractivity contribution >= 4 is 11.9 Å². The maximum Gasteiger partial charge on any atom is 0.324 e. The number of amides is 3. The number of carbonyl (C=O) groups excluding carboxylic acids is 2. The van der Waals surface area contributed by atoms with E-state index in [0.29, 0.717) is 25.1 Å². The Morgan fingerprint density at radius 3 is 2.72 bits per heavy atom. The molecule has 2 rings (SSSR count). The number of hydrogen-bond donors (Lipinski definition) is 1. The van der Waals surface area contributed by atoms with Crippen molar-refractivity contribution in [3.63, 3.8) is 0 Å². The van der Waals surface area contributed by atoms with Crippen LogP contribution in [0.1, 0.15) is 12.0 Å². The van der Waals surface area contributed by atoms with Gasteiger partial charge < -0.3 is 9.88 Å². The lowest BCUT2D eigenvalue weighted by atomic mass is 10.3. The van der Waals surface area contributed by atoms with E-state index < -0.39 is 0 Å². The SMILES string of the molecule is Cc1cccn(CCCN2C(=O)CNC2=O)c1=O. The third-order valence-corrected chi connectivity index (χ3v) is 2.93. The fourth-order valence-electron chi connectivity index (χ4n) is 1.91. The summed E-state index contributed by atoms with van der Waals surface area (Å²) in [5, 5.41) is 2.46. The first-order valence-electron chi connectivity index (χ1n) is 5.84. The molecule has 1 saturated heterocycles.